The van der Waals surface area contributed by atoms with Gasteiger partial charge in [-0.1, -0.05) is 43.7 Å². The molecule has 1 unspecified atom stereocenters. The van der Waals surface area contributed by atoms with Crippen LogP contribution in [-0.4, -0.2) is 18.5 Å². The molecule has 1 aromatic rings. The summed E-state index contributed by atoms with van der Waals surface area (Å²) in [6.07, 6.45) is 2.71. The van der Waals surface area contributed by atoms with Crippen LogP contribution in [0.1, 0.15) is 45.1 Å². The van der Waals surface area contributed by atoms with Crippen LogP contribution in [0.5, 0.6) is 0 Å². The lowest BCUT2D eigenvalue weighted by molar-refractivity contribution is -0.149. The van der Waals surface area contributed by atoms with Crippen LogP contribution in [0.15, 0.2) is 30.3 Å². The van der Waals surface area contributed by atoms with Gasteiger partial charge < -0.3 is 9.47 Å². The highest BCUT2D eigenvalue weighted by Crippen LogP contribution is 2.13. The highest BCUT2D eigenvalue weighted by Gasteiger charge is 2.14. The zero-order valence-electron chi connectivity index (χ0n) is 12.8. The van der Waals surface area contributed by atoms with E-state index in [2.05, 4.69) is 0 Å². The smallest absolute Gasteiger partial charge is 0.308 e. The third-order valence-electron chi connectivity index (χ3n) is 3.20. The maximum Gasteiger partial charge on any atom is 0.308 e. The summed E-state index contributed by atoms with van der Waals surface area (Å²) in [6.45, 7) is 4.38. The van der Waals surface area contributed by atoms with Gasteiger partial charge in [0.1, 0.15) is 6.61 Å². The molecule has 4 heteroatoms. The van der Waals surface area contributed by atoms with Crippen LogP contribution >= 0.6 is 0 Å². The molecule has 1 aromatic carbocycles. The Balaban J connectivity index is 2.15. The maximum atomic E-state index is 11.8. The monoisotopic (exact) mass is 292 g/mol. The van der Waals surface area contributed by atoms with Crippen LogP contribution < -0.4 is 0 Å². The molecule has 116 valence electrons. The third kappa shape index (κ3) is 7.49. The summed E-state index contributed by atoms with van der Waals surface area (Å²) in [5, 5.41) is 0. The minimum atomic E-state index is -0.185. The summed E-state index contributed by atoms with van der Waals surface area (Å²) >= 11 is 0. The van der Waals surface area contributed by atoms with E-state index in [0.29, 0.717) is 19.6 Å². The second kappa shape index (κ2) is 9.97. The van der Waals surface area contributed by atoms with Gasteiger partial charge in [-0.15, -0.1) is 0 Å². The van der Waals surface area contributed by atoms with Crippen LogP contribution in [-0.2, 0) is 25.7 Å². The number of carbonyl (C=O) groups is 2. The van der Waals surface area contributed by atoms with E-state index >= 15 is 0 Å². The number of esters is 2. The summed E-state index contributed by atoms with van der Waals surface area (Å²) < 4.78 is 10.1. The third-order valence-corrected chi connectivity index (χ3v) is 3.20. The molecule has 0 heterocycles. The summed E-state index contributed by atoms with van der Waals surface area (Å²) in [5.74, 6) is -0.497. The average molecular weight is 292 g/mol. The molecule has 0 fully saturated rings. The largest absolute Gasteiger partial charge is 0.466 e. The predicted molar refractivity (Wildman–Crippen MR) is 80.5 cm³/mol. The second-order valence-electron chi connectivity index (χ2n) is 5.05. The first-order valence-electron chi connectivity index (χ1n) is 7.49. The van der Waals surface area contributed by atoms with Crippen LogP contribution in [0, 0.1) is 5.92 Å². The van der Waals surface area contributed by atoms with Crippen molar-refractivity contribution < 1.29 is 19.1 Å². The number of carbonyl (C=O) groups excluding carboxylic acids is 2. The Morgan fingerprint density at radius 1 is 1.10 bits per heavy atom. The van der Waals surface area contributed by atoms with E-state index in [1.54, 1.807) is 6.92 Å². The number of hydrogen-bond donors (Lipinski definition) is 0. The van der Waals surface area contributed by atoms with E-state index < -0.39 is 0 Å². The van der Waals surface area contributed by atoms with Gasteiger partial charge in [-0.2, -0.15) is 0 Å². The summed E-state index contributed by atoms with van der Waals surface area (Å²) in [6, 6.07) is 9.62. The summed E-state index contributed by atoms with van der Waals surface area (Å²) in [7, 11) is 0. The quantitative estimate of drug-likeness (QED) is 0.516. The second-order valence-corrected chi connectivity index (χ2v) is 5.05. The average Bonchev–Trinajstić information content (AvgIpc) is 2.50. The maximum absolute atomic E-state index is 11.8. The van der Waals surface area contributed by atoms with Crippen molar-refractivity contribution in [1.82, 2.24) is 0 Å². The SMILES string of the molecule is CCOC(=O)CCCCC(C)C(=O)OCc1ccccc1. The molecule has 0 aliphatic carbocycles. The molecule has 0 radical (unpaired) electrons. The Morgan fingerprint density at radius 2 is 1.81 bits per heavy atom. The molecule has 0 bridgehead atoms. The van der Waals surface area contributed by atoms with E-state index in [-0.39, 0.29) is 17.9 Å². The van der Waals surface area contributed by atoms with Crippen molar-refractivity contribution in [3.63, 3.8) is 0 Å². The zero-order chi connectivity index (χ0) is 15.5. The molecule has 0 aromatic heterocycles. The Hall–Kier alpha value is -1.84. The summed E-state index contributed by atoms with van der Waals surface area (Å²) in [5.41, 5.74) is 0.986. The molecule has 21 heavy (non-hydrogen) atoms. The fraction of sp³-hybridized carbons (Fsp3) is 0.529. The Kier molecular flexibility index (Phi) is 8.17. The molecule has 1 atom stereocenters. The molecule has 0 saturated carbocycles. The first-order chi connectivity index (χ1) is 10.1. The van der Waals surface area contributed by atoms with Gasteiger partial charge in [0.2, 0.25) is 0 Å². The topological polar surface area (TPSA) is 52.6 Å². The minimum Gasteiger partial charge on any atom is -0.466 e. The van der Waals surface area contributed by atoms with E-state index in [1.807, 2.05) is 37.3 Å². The van der Waals surface area contributed by atoms with Crippen LogP contribution in [0.2, 0.25) is 0 Å². The van der Waals surface area contributed by atoms with Gasteiger partial charge in [-0.3, -0.25) is 9.59 Å². The van der Waals surface area contributed by atoms with Gasteiger partial charge in [-0.05, 0) is 25.3 Å². The molecule has 0 spiro atoms. The van der Waals surface area contributed by atoms with Gasteiger partial charge in [0.05, 0.1) is 12.5 Å². The lowest BCUT2D eigenvalue weighted by Gasteiger charge is -2.11. The van der Waals surface area contributed by atoms with Crippen molar-refractivity contribution in [3.8, 4) is 0 Å². The number of benzene rings is 1. The van der Waals surface area contributed by atoms with Crippen LogP contribution in [0.4, 0.5) is 0 Å². The number of ether oxygens (including phenoxy) is 2. The highest BCUT2D eigenvalue weighted by molar-refractivity contribution is 5.72. The molecule has 0 aliphatic heterocycles. The number of rotatable bonds is 9. The Morgan fingerprint density at radius 3 is 2.48 bits per heavy atom. The van der Waals surface area contributed by atoms with Gasteiger partial charge in [-0.25, -0.2) is 0 Å². The van der Waals surface area contributed by atoms with E-state index in [9.17, 15) is 9.59 Å². The van der Waals surface area contributed by atoms with Crippen molar-refractivity contribution in [2.24, 2.45) is 5.92 Å². The van der Waals surface area contributed by atoms with Crippen LogP contribution in [0.3, 0.4) is 0 Å². The van der Waals surface area contributed by atoms with Crippen molar-refractivity contribution in [2.75, 3.05) is 6.61 Å². The van der Waals surface area contributed by atoms with Gasteiger partial charge in [0, 0.05) is 6.42 Å². The van der Waals surface area contributed by atoms with Crippen molar-refractivity contribution in [3.05, 3.63) is 35.9 Å². The lowest BCUT2D eigenvalue weighted by Crippen LogP contribution is -2.15. The van der Waals surface area contributed by atoms with Gasteiger partial charge in [0.15, 0.2) is 0 Å². The van der Waals surface area contributed by atoms with E-state index in [4.69, 9.17) is 9.47 Å². The highest BCUT2D eigenvalue weighted by atomic mass is 16.5. The van der Waals surface area contributed by atoms with E-state index in [1.165, 1.54) is 0 Å². The zero-order valence-corrected chi connectivity index (χ0v) is 12.8. The predicted octanol–water partition coefficient (Wildman–Crippen LogP) is 3.49. The molecular weight excluding hydrogens is 268 g/mol. The molecular formula is C17H24O4. The van der Waals surface area contributed by atoms with Crippen LogP contribution in [0.25, 0.3) is 0 Å². The fourth-order valence-corrected chi connectivity index (χ4v) is 1.94. The first kappa shape index (κ1) is 17.2. The molecule has 1 rings (SSSR count). The van der Waals surface area contributed by atoms with Crippen molar-refractivity contribution >= 4 is 11.9 Å². The molecule has 0 aliphatic rings. The number of hydrogen-bond acceptors (Lipinski definition) is 4. The van der Waals surface area contributed by atoms with Gasteiger partial charge >= 0.3 is 11.9 Å². The Bertz CT molecular complexity index is 428. The van der Waals surface area contributed by atoms with Gasteiger partial charge in [0.25, 0.3) is 0 Å². The minimum absolute atomic E-state index is 0.143. The Labute approximate surface area is 126 Å². The molecule has 0 N–H and O–H groups in total. The lowest BCUT2D eigenvalue weighted by atomic mass is 10.0. The normalized spacial score (nSPS) is 11.7. The van der Waals surface area contributed by atoms with Crippen molar-refractivity contribution in [1.29, 1.82) is 0 Å². The molecule has 0 saturated heterocycles. The molecule has 0 amide bonds. The summed E-state index contributed by atoms with van der Waals surface area (Å²) in [4.78, 5) is 23.0. The standard InChI is InChI=1S/C17H24O4/c1-3-20-16(18)12-8-7-9-14(2)17(19)21-13-15-10-5-4-6-11-15/h4-6,10-11,14H,3,7-9,12-13H2,1-2H3. The molecule has 4 nitrogen and oxygen atoms in total. The number of unbranched alkanes of at least 4 members (excludes halogenated alkanes) is 1. The fourth-order valence-electron chi connectivity index (χ4n) is 1.94. The van der Waals surface area contributed by atoms with E-state index in [0.717, 1.165) is 24.8 Å². The first-order valence-corrected chi connectivity index (χ1v) is 7.49. The van der Waals surface area contributed by atoms with Crippen molar-refractivity contribution in [2.45, 2.75) is 46.1 Å².